The van der Waals surface area contributed by atoms with Crippen LogP contribution in [0.1, 0.15) is 10.4 Å². The first kappa shape index (κ1) is 7.65. The molecule has 0 saturated carbocycles. The van der Waals surface area contributed by atoms with Crippen LogP contribution in [0.25, 0.3) is 0 Å². The zero-order valence-corrected chi connectivity index (χ0v) is 7.13. The Labute approximate surface area is 71.4 Å². The minimum Gasteiger partial charge on any atom is -0.282 e. The second kappa shape index (κ2) is 3.09. The number of halogens is 2. The van der Waals surface area contributed by atoms with Crippen LogP contribution in [0.2, 0.25) is 0 Å². The van der Waals surface area contributed by atoms with Gasteiger partial charge in [-0.1, -0.05) is 12.1 Å². The van der Waals surface area contributed by atoms with E-state index in [2.05, 4.69) is 0 Å². The van der Waals surface area contributed by atoms with Crippen LogP contribution < -0.4 is 0 Å². The molecule has 1 nitrogen and oxygen atoms in total. The Morgan fingerprint density at radius 1 is 1.50 bits per heavy atom. The maximum Gasteiger partial charge on any atom is 0.222 e. The highest BCUT2D eigenvalue weighted by atomic mass is 127. The average Bonchev–Trinajstić information content (AvgIpc) is 1.88. The molecule has 0 aliphatic rings. The van der Waals surface area contributed by atoms with E-state index in [0.29, 0.717) is 5.56 Å². The molecule has 0 unspecified atom stereocenters. The Bertz CT molecular complexity index is 260. The fraction of sp³-hybridized carbons (Fsp3) is 0. The Kier molecular flexibility index (Phi) is 2.37. The normalized spacial score (nSPS) is 9.40. The molecule has 52 valence electrons. The molecule has 1 aromatic carbocycles. The van der Waals surface area contributed by atoms with Gasteiger partial charge in [0.2, 0.25) is 3.79 Å². The first-order valence-corrected chi connectivity index (χ1v) is 3.73. The van der Waals surface area contributed by atoms with Crippen molar-refractivity contribution in [3.8, 4) is 0 Å². The van der Waals surface area contributed by atoms with Crippen molar-refractivity contribution in [3.05, 3.63) is 35.6 Å². The molecule has 0 aliphatic heterocycles. The van der Waals surface area contributed by atoms with Crippen LogP contribution in [0, 0.1) is 5.82 Å². The maximum absolute atomic E-state index is 12.4. The molecule has 0 atom stereocenters. The monoisotopic (exact) mass is 250 g/mol. The van der Waals surface area contributed by atoms with E-state index in [1.165, 1.54) is 18.2 Å². The molecular formula is C7H4FIO. The molecule has 10 heavy (non-hydrogen) atoms. The van der Waals surface area contributed by atoms with Crippen LogP contribution in [0.4, 0.5) is 4.39 Å². The number of rotatable bonds is 1. The molecular weight excluding hydrogens is 246 g/mol. The molecule has 0 bridgehead atoms. The molecule has 0 heterocycles. The molecule has 0 amide bonds. The van der Waals surface area contributed by atoms with E-state index >= 15 is 0 Å². The van der Waals surface area contributed by atoms with E-state index in [0.717, 1.165) is 0 Å². The summed E-state index contributed by atoms with van der Waals surface area (Å²) in [7, 11) is 0. The minimum atomic E-state index is -0.373. The van der Waals surface area contributed by atoms with Crippen molar-refractivity contribution in [2.45, 2.75) is 0 Å². The van der Waals surface area contributed by atoms with Gasteiger partial charge in [-0.15, -0.1) is 0 Å². The van der Waals surface area contributed by atoms with E-state index in [9.17, 15) is 9.18 Å². The van der Waals surface area contributed by atoms with Gasteiger partial charge in [0.15, 0.2) is 0 Å². The van der Waals surface area contributed by atoms with Crippen molar-refractivity contribution in [1.82, 2.24) is 0 Å². The van der Waals surface area contributed by atoms with E-state index < -0.39 is 0 Å². The van der Waals surface area contributed by atoms with Crippen LogP contribution in [-0.4, -0.2) is 3.79 Å². The third kappa shape index (κ3) is 1.76. The lowest BCUT2D eigenvalue weighted by atomic mass is 10.2. The van der Waals surface area contributed by atoms with Crippen molar-refractivity contribution in [2.75, 3.05) is 0 Å². The first-order valence-electron chi connectivity index (χ1n) is 2.65. The SMILES string of the molecule is O=C(I)c1cccc(F)c1. The van der Waals surface area contributed by atoms with Gasteiger partial charge >= 0.3 is 0 Å². The molecule has 0 aliphatic carbocycles. The first-order chi connectivity index (χ1) is 4.70. The zero-order valence-electron chi connectivity index (χ0n) is 4.97. The summed E-state index contributed by atoms with van der Waals surface area (Å²) in [5.41, 5.74) is 0.403. The van der Waals surface area contributed by atoms with E-state index in [-0.39, 0.29) is 9.61 Å². The van der Waals surface area contributed by atoms with Gasteiger partial charge in [0, 0.05) is 28.2 Å². The topological polar surface area (TPSA) is 17.1 Å². The second-order valence-corrected chi connectivity index (χ2v) is 2.76. The van der Waals surface area contributed by atoms with Gasteiger partial charge in [0.05, 0.1) is 0 Å². The zero-order chi connectivity index (χ0) is 7.56. The fourth-order valence-corrected chi connectivity index (χ4v) is 0.946. The third-order valence-electron chi connectivity index (χ3n) is 1.05. The summed E-state index contributed by atoms with van der Waals surface area (Å²) in [4.78, 5) is 10.6. The van der Waals surface area contributed by atoms with Crippen LogP contribution >= 0.6 is 22.6 Å². The molecule has 0 fully saturated rings. The van der Waals surface area contributed by atoms with Gasteiger partial charge in [0.1, 0.15) is 5.82 Å². The van der Waals surface area contributed by atoms with Gasteiger partial charge in [0.25, 0.3) is 0 Å². The number of hydrogen-bond donors (Lipinski definition) is 0. The van der Waals surface area contributed by atoms with Crippen molar-refractivity contribution in [2.24, 2.45) is 0 Å². The summed E-state index contributed by atoms with van der Waals surface area (Å²) < 4.78 is 12.2. The molecule has 0 spiro atoms. The summed E-state index contributed by atoms with van der Waals surface area (Å²) in [6.45, 7) is 0. The lowest BCUT2D eigenvalue weighted by Gasteiger charge is -1.91. The maximum atomic E-state index is 12.4. The van der Waals surface area contributed by atoms with Crippen molar-refractivity contribution in [1.29, 1.82) is 0 Å². The third-order valence-corrected chi connectivity index (χ3v) is 1.67. The Morgan fingerprint density at radius 3 is 2.60 bits per heavy atom. The summed E-state index contributed by atoms with van der Waals surface area (Å²) in [6.07, 6.45) is 0. The highest BCUT2D eigenvalue weighted by molar-refractivity contribution is 14.1. The number of hydrogen-bond acceptors (Lipinski definition) is 1. The number of benzene rings is 1. The fourth-order valence-electron chi connectivity index (χ4n) is 0.611. The molecule has 0 saturated heterocycles. The van der Waals surface area contributed by atoms with Crippen LogP contribution in [-0.2, 0) is 0 Å². The Balaban J connectivity index is 3.07. The van der Waals surface area contributed by atoms with Crippen molar-refractivity contribution < 1.29 is 9.18 Å². The summed E-state index contributed by atoms with van der Waals surface area (Å²) >= 11 is 1.62. The van der Waals surface area contributed by atoms with Gasteiger partial charge in [-0.3, -0.25) is 4.79 Å². The minimum absolute atomic E-state index is 0.142. The van der Waals surface area contributed by atoms with Crippen LogP contribution in [0.15, 0.2) is 24.3 Å². The lowest BCUT2D eigenvalue weighted by molar-refractivity contribution is 0.110. The lowest BCUT2D eigenvalue weighted by Crippen LogP contribution is -1.87. The smallest absolute Gasteiger partial charge is 0.222 e. The van der Waals surface area contributed by atoms with Crippen LogP contribution in [0.5, 0.6) is 0 Å². The predicted molar refractivity (Wildman–Crippen MR) is 44.8 cm³/mol. The van der Waals surface area contributed by atoms with Gasteiger partial charge in [-0.2, -0.15) is 0 Å². The molecule has 0 N–H and O–H groups in total. The Hall–Kier alpha value is -0.450. The molecule has 1 aromatic rings. The molecule has 3 heteroatoms. The number of carbonyl (C=O) groups excluding carboxylic acids is 1. The average molecular weight is 250 g/mol. The van der Waals surface area contributed by atoms with Gasteiger partial charge < -0.3 is 0 Å². The second-order valence-electron chi connectivity index (χ2n) is 1.78. The van der Waals surface area contributed by atoms with Crippen LogP contribution in [0.3, 0.4) is 0 Å². The summed E-state index contributed by atoms with van der Waals surface area (Å²) in [5.74, 6) is -0.373. The standard InChI is InChI=1S/C7H4FIO/c8-6-3-1-2-5(4-6)7(9)10/h1-4H. The predicted octanol–water partition coefficient (Wildman–Crippen LogP) is 2.40. The summed E-state index contributed by atoms with van der Waals surface area (Å²) in [6, 6.07) is 5.62. The summed E-state index contributed by atoms with van der Waals surface area (Å²) in [5, 5.41) is 0. The highest BCUT2D eigenvalue weighted by Crippen LogP contribution is 2.07. The Morgan fingerprint density at radius 2 is 2.20 bits per heavy atom. The van der Waals surface area contributed by atoms with E-state index in [4.69, 9.17) is 0 Å². The highest BCUT2D eigenvalue weighted by Gasteiger charge is 1.99. The van der Waals surface area contributed by atoms with Crippen molar-refractivity contribution >= 4 is 26.4 Å². The quantitative estimate of drug-likeness (QED) is 0.552. The van der Waals surface area contributed by atoms with E-state index in [1.807, 2.05) is 0 Å². The van der Waals surface area contributed by atoms with Crippen molar-refractivity contribution in [3.63, 3.8) is 0 Å². The van der Waals surface area contributed by atoms with Gasteiger partial charge in [-0.05, 0) is 12.1 Å². The molecule has 0 aromatic heterocycles. The van der Waals surface area contributed by atoms with Gasteiger partial charge in [-0.25, -0.2) is 4.39 Å². The molecule has 0 radical (unpaired) electrons. The van der Waals surface area contributed by atoms with E-state index in [1.54, 1.807) is 28.7 Å². The molecule has 1 rings (SSSR count). The number of carbonyl (C=O) groups is 1. The largest absolute Gasteiger partial charge is 0.282 e.